The first-order valence-corrected chi connectivity index (χ1v) is 9.19. The number of hydrogen-bond donors (Lipinski definition) is 2. The van der Waals surface area contributed by atoms with E-state index in [1.807, 2.05) is 12.1 Å². The number of benzene rings is 2. The highest BCUT2D eigenvalue weighted by atomic mass is 19.4. The minimum absolute atomic E-state index is 0.0562. The van der Waals surface area contributed by atoms with Crippen molar-refractivity contribution in [3.8, 4) is 0 Å². The van der Waals surface area contributed by atoms with Crippen molar-refractivity contribution in [1.29, 1.82) is 0 Å². The monoisotopic (exact) mass is 391 g/mol. The average Bonchev–Trinajstić information content (AvgIpc) is 2.65. The molecule has 0 aliphatic heterocycles. The second-order valence-corrected chi connectivity index (χ2v) is 6.83. The van der Waals surface area contributed by atoms with Crippen molar-refractivity contribution in [2.45, 2.75) is 31.7 Å². The molecule has 28 heavy (non-hydrogen) atoms. The number of rotatable bonds is 7. The fourth-order valence-corrected chi connectivity index (χ4v) is 3.21. The molecule has 2 N–H and O–H groups in total. The molecule has 0 amide bonds. The molecule has 2 aromatic rings. The van der Waals surface area contributed by atoms with E-state index in [-0.39, 0.29) is 6.61 Å². The van der Waals surface area contributed by atoms with Gasteiger partial charge >= 0.3 is 6.18 Å². The smallest absolute Gasteiger partial charge is 0.367 e. The first-order chi connectivity index (χ1) is 13.4. The van der Waals surface area contributed by atoms with Crippen molar-refractivity contribution in [1.82, 2.24) is 10.6 Å². The van der Waals surface area contributed by atoms with Crippen LogP contribution >= 0.6 is 0 Å². The largest absolute Gasteiger partial charge is 0.411 e. The van der Waals surface area contributed by atoms with Crippen LogP contribution < -0.4 is 10.6 Å². The number of fused-ring (bicyclic) bond motifs is 1. The molecule has 2 aromatic carbocycles. The fourth-order valence-electron chi connectivity index (χ4n) is 3.21. The number of ether oxygens (including phenoxy) is 1. The van der Waals surface area contributed by atoms with E-state index in [9.17, 15) is 13.2 Å². The van der Waals surface area contributed by atoms with E-state index >= 15 is 0 Å². The number of nitrogens with one attached hydrogen (secondary N) is 2. The topological polar surface area (TPSA) is 45.7 Å². The van der Waals surface area contributed by atoms with Gasteiger partial charge in [0, 0.05) is 26.1 Å². The summed E-state index contributed by atoms with van der Waals surface area (Å²) in [4.78, 5) is 4.24. The van der Waals surface area contributed by atoms with Crippen LogP contribution in [0.2, 0.25) is 0 Å². The molecular weight excluding hydrogens is 367 g/mol. The lowest BCUT2D eigenvalue weighted by molar-refractivity contribution is -0.176. The normalized spacial score (nSPS) is 16.3. The highest BCUT2D eigenvalue weighted by Crippen LogP contribution is 2.33. The van der Waals surface area contributed by atoms with E-state index in [4.69, 9.17) is 0 Å². The maximum atomic E-state index is 12.1. The van der Waals surface area contributed by atoms with Gasteiger partial charge in [-0.2, -0.15) is 13.2 Å². The van der Waals surface area contributed by atoms with Gasteiger partial charge in [0.1, 0.15) is 6.61 Å². The molecule has 0 radical (unpaired) electrons. The Morgan fingerprint density at radius 1 is 1.07 bits per heavy atom. The molecule has 0 saturated carbocycles. The Morgan fingerprint density at radius 3 is 2.46 bits per heavy atom. The van der Waals surface area contributed by atoms with Gasteiger partial charge in [0.25, 0.3) is 0 Å². The maximum absolute atomic E-state index is 12.1. The third-order valence-electron chi connectivity index (χ3n) is 4.72. The van der Waals surface area contributed by atoms with Crippen LogP contribution in [-0.4, -0.2) is 32.3 Å². The van der Waals surface area contributed by atoms with Crippen LogP contribution in [-0.2, 0) is 24.3 Å². The molecule has 0 spiro atoms. The highest BCUT2D eigenvalue weighted by molar-refractivity contribution is 5.79. The number of alkyl halides is 3. The molecule has 4 nitrogen and oxygen atoms in total. The molecule has 7 heteroatoms. The van der Waals surface area contributed by atoms with Gasteiger partial charge in [-0.3, -0.25) is 4.99 Å². The summed E-state index contributed by atoms with van der Waals surface area (Å²) in [7, 11) is 1.73. The molecular formula is C21H24F3N3O. The van der Waals surface area contributed by atoms with Crippen molar-refractivity contribution in [3.05, 3.63) is 70.8 Å². The van der Waals surface area contributed by atoms with E-state index in [2.05, 4.69) is 44.6 Å². The van der Waals surface area contributed by atoms with Crippen LogP contribution in [0.5, 0.6) is 0 Å². The van der Waals surface area contributed by atoms with Gasteiger partial charge in [-0.1, -0.05) is 48.5 Å². The first-order valence-electron chi connectivity index (χ1n) is 9.19. The van der Waals surface area contributed by atoms with Crippen LogP contribution in [0.25, 0.3) is 0 Å². The molecule has 3 rings (SSSR count). The lowest BCUT2D eigenvalue weighted by Crippen LogP contribution is -2.40. The summed E-state index contributed by atoms with van der Waals surface area (Å²) in [6.07, 6.45) is -3.22. The molecule has 1 unspecified atom stereocenters. The van der Waals surface area contributed by atoms with Crippen LogP contribution in [0.4, 0.5) is 13.2 Å². The second-order valence-electron chi connectivity index (χ2n) is 6.83. The summed E-state index contributed by atoms with van der Waals surface area (Å²) < 4.78 is 40.9. The molecule has 150 valence electrons. The molecule has 0 fully saturated rings. The lowest BCUT2D eigenvalue weighted by atomic mass is 9.78. The zero-order chi connectivity index (χ0) is 20.0. The third-order valence-corrected chi connectivity index (χ3v) is 4.72. The van der Waals surface area contributed by atoms with Crippen LogP contribution in [0, 0.1) is 0 Å². The van der Waals surface area contributed by atoms with Crippen LogP contribution in [0.3, 0.4) is 0 Å². The standard InChI is InChI=1S/C21H24F3N3O/c1-25-20(27-12-18-10-17-4-2-3-5-19(17)18)26-11-15-6-8-16(9-7-15)13-28-14-21(22,23)24/h2-9,18H,10-14H2,1H3,(H2,25,26,27). The summed E-state index contributed by atoms with van der Waals surface area (Å²) in [6, 6.07) is 15.7. The maximum Gasteiger partial charge on any atom is 0.411 e. The summed E-state index contributed by atoms with van der Waals surface area (Å²) in [5.74, 6) is 1.23. The van der Waals surface area contributed by atoms with E-state index in [0.717, 1.165) is 24.5 Å². The Hall–Kier alpha value is -2.54. The number of nitrogens with zero attached hydrogens (tertiary/aromatic N) is 1. The lowest BCUT2D eigenvalue weighted by Gasteiger charge is -2.30. The molecule has 0 aromatic heterocycles. The van der Waals surface area contributed by atoms with Gasteiger partial charge < -0.3 is 15.4 Å². The number of aliphatic imine (C=N–C) groups is 1. The predicted octanol–water partition coefficient (Wildman–Crippen LogP) is 3.77. The fraction of sp³-hybridized carbons (Fsp3) is 0.381. The summed E-state index contributed by atoms with van der Waals surface area (Å²) in [5, 5.41) is 6.60. The van der Waals surface area contributed by atoms with Gasteiger partial charge in [0.15, 0.2) is 5.96 Å². The molecule has 1 atom stereocenters. The van der Waals surface area contributed by atoms with Crippen molar-refractivity contribution < 1.29 is 17.9 Å². The minimum atomic E-state index is -4.30. The molecule has 0 heterocycles. The molecule has 1 aliphatic carbocycles. The first kappa shape index (κ1) is 20.2. The summed E-state index contributed by atoms with van der Waals surface area (Å²) in [5.41, 5.74) is 4.53. The van der Waals surface area contributed by atoms with Gasteiger partial charge in [-0.25, -0.2) is 0 Å². The van der Waals surface area contributed by atoms with E-state index in [1.165, 1.54) is 11.1 Å². The van der Waals surface area contributed by atoms with Crippen molar-refractivity contribution >= 4 is 5.96 Å². The predicted molar refractivity (Wildman–Crippen MR) is 103 cm³/mol. The number of guanidine groups is 1. The summed E-state index contributed by atoms with van der Waals surface area (Å²) in [6.45, 7) is 0.111. The minimum Gasteiger partial charge on any atom is -0.367 e. The Balaban J connectivity index is 1.40. The third kappa shape index (κ3) is 5.73. The molecule has 1 aliphatic rings. The van der Waals surface area contributed by atoms with E-state index in [0.29, 0.717) is 18.0 Å². The van der Waals surface area contributed by atoms with Gasteiger partial charge in [-0.05, 0) is 28.7 Å². The average molecular weight is 391 g/mol. The van der Waals surface area contributed by atoms with Crippen molar-refractivity contribution in [2.24, 2.45) is 4.99 Å². The zero-order valence-corrected chi connectivity index (χ0v) is 15.7. The van der Waals surface area contributed by atoms with Gasteiger partial charge in [0.05, 0.1) is 6.61 Å². The number of halogens is 3. The SMILES string of the molecule is CN=C(NCc1ccc(COCC(F)(F)F)cc1)NCC1Cc2ccccc21. The van der Waals surface area contributed by atoms with Crippen molar-refractivity contribution in [2.75, 3.05) is 20.2 Å². The molecule has 0 bridgehead atoms. The van der Waals surface area contributed by atoms with E-state index in [1.54, 1.807) is 19.2 Å². The van der Waals surface area contributed by atoms with Crippen molar-refractivity contribution in [3.63, 3.8) is 0 Å². The second kappa shape index (κ2) is 9.10. The summed E-state index contributed by atoms with van der Waals surface area (Å²) >= 11 is 0. The Morgan fingerprint density at radius 2 is 1.79 bits per heavy atom. The van der Waals surface area contributed by atoms with Gasteiger partial charge in [0.2, 0.25) is 0 Å². The van der Waals surface area contributed by atoms with E-state index < -0.39 is 12.8 Å². The highest BCUT2D eigenvalue weighted by Gasteiger charge is 2.27. The van der Waals surface area contributed by atoms with Crippen LogP contribution in [0.1, 0.15) is 28.2 Å². The van der Waals surface area contributed by atoms with Crippen LogP contribution in [0.15, 0.2) is 53.5 Å². The van der Waals surface area contributed by atoms with Gasteiger partial charge in [-0.15, -0.1) is 0 Å². The zero-order valence-electron chi connectivity index (χ0n) is 15.7. The number of hydrogen-bond acceptors (Lipinski definition) is 2. The molecule has 0 saturated heterocycles. The Bertz CT molecular complexity index is 803. The Labute approximate surface area is 162 Å². The Kier molecular flexibility index (Phi) is 6.57. The quantitative estimate of drug-likeness (QED) is 0.558.